The van der Waals surface area contributed by atoms with Crippen LogP contribution >= 0.6 is 0 Å². The van der Waals surface area contributed by atoms with Gasteiger partial charge in [0.05, 0.1) is 30.0 Å². The fourth-order valence-corrected chi connectivity index (χ4v) is 5.69. The number of nitrogens with one attached hydrogen (secondary N) is 3. The molecule has 0 spiro atoms. The second-order valence-corrected chi connectivity index (χ2v) is 12.1. The van der Waals surface area contributed by atoms with Crippen molar-refractivity contribution in [3.8, 4) is 5.75 Å². The number of sulfone groups is 1. The maximum Gasteiger partial charge on any atom is 0.223 e. The quantitative estimate of drug-likeness (QED) is 0.362. The third-order valence-corrected chi connectivity index (χ3v) is 7.97. The first-order valence-electron chi connectivity index (χ1n) is 12.8. The first-order valence-corrected chi connectivity index (χ1v) is 14.8. The minimum Gasteiger partial charge on any atom is -0.488 e. The monoisotopic (exact) mass is 527 g/mol. The molecule has 5 rings (SSSR count). The molecule has 1 saturated heterocycles. The van der Waals surface area contributed by atoms with Gasteiger partial charge in [0.1, 0.15) is 39.5 Å². The number of benzene rings is 1. The van der Waals surface area contributed by atoms with Crippen molar-refractivity contribution in [2.24, 2.45) is 5.92 Å². The smallest absolute Gasteiger partial charge is 0.223 e. The van der Waals surface area contributed by atoms with Crippen LogP contribution in [0.15, 0.2) is 30.6 Å². The number of H-pyrrole nitrogens is 1. The average Bonchev–Trinajstić information content (AvgIpc) is 3.26. The van der Waals surface area contributed by atoms with E-state index in [1.807, 2.05) is 24.3 Å². The highest BCUT2D eigenvalue weighted by molar-refractivity contribution is 7.90. The predicted molar refractivity (Wildman–Crippen MR) is 141 cm³/mol. The summed E-state index contributed by atoms with van der Waals surface area (Å²) in [5.74, 6) is 1.25. The van der Waals surface area contributed by atoms with Crippen molar-refractivity contribution >= 4 is 38.3 Å². The summed E-state index contributed by atoms with van der Waals surface area (Å²) in [7, 11) is -3.04. The average molecular weight is 528 g/mol. The molecule has 0 bridgehead atoms. The summed E-state index contributed by atoms with van der Waals surface area (Å²) < 4.78 is 34.4. The highest BCUT2D eigenvalue weighted by Crippen LogP contribution is 2.37. The Morgan fingerprint density at radius 1 is 1.19 bits per heavy atom. The molecule has 2 aliphatic rings. The number of carbonyl (C=O) groups is 1. The van der Waals surface area contributed by atoms with Crippen molar-refractivity contribution in [3.05, 3.63) is 41.9 Å². The summed E-state index contributed by atoms with van der Waals surface area (Å²) in [6.07, 6.45) is 6.98. The number of nitrogens with zero attached hydrogens (tertiary/aromatic N) is 2. The van der Waals surface area contributed by atoms with Crippen molar-refractivity contribution in [1.82, 2.24) is 20.3 Å². The van der Waals surface area contributed by atoms with Crippen molar-refractivity contribution in [1.29, 1.82) is 0 Å². The molecule has 1 aliphatic heterocycles. The van der Waals surface area contributed by atoms with Crippen molar-refractivity contribution in [2.75, 3.05) is 37.1 Å². The molecule has 0 saturated carbocycles. The molecule has 1 amide bonds. The predicted octanol–water partition coefficient (Wildman–Crippen LogP) is 2.92. The molecular weight excluding hydrogens is 494 g/mol. The van der Waals surface area contributed by atoms with E-state index in [4.69, 9.17) is 9.47 Å². The van der Waals surface area contributed by atoms with E-state index in [0.717, 1.165) is 59.4 Å². The molecule has 2 aromatic heterocycles. The summed E-state index contributed by atoms with van der Waals surface area (Å²) in [5.41, 5.74) is 3.68. The van der Waals surface area contributed by atoms with E-state index in [9.17, 15) is 13.2 Å². The number of aromatic nitrogens is 3. The van der Waals surface area contributed by atoms with Crippen LogP contribution in [0.1, 0.15) is 36.9 Å². The number of amides is 1. The Morgan fingerprint density at radius 3 is 2.81 bits per heavy atom. The summed E-state index contributed by atoms with van der Waals surface area (Å²) in [6, 6.07) is 7.82. The molecular formula is C26H33N5O5S. The summed E-state index contributed by atoms with van der Waals surface area (Å²) >= 11 is 0. The maximum atomic E-state index is 12.9. The number of fused-ring (bicyclic) bond motifs is 3. The summed E-state index contributed by atoms with van der Waals surface area (Å²) in [5, 5.41) is 7.25. The maximum absolute atomic E-state index is 12.9. The zero-order chi connectivity index (χ0) is 25.8. The fourth-order valence-electron chi connectivity index (χ4n) is 5.02. The lowest BCUT2D eigenvalue weighted by atomic mass is 9.86. The van der Waals surface area contributed by atoms with Gasteiger partial charge in [0.15, 0.2) is 0 Å². The molecule has 3 heterocycles. The van der Waals surface area contributed by atoms with E-state index < -0.39 is 9.84 Å². The van der Waals surface area contributed by atoms with Crippen LogP contribution in [0.3, 0.4) is 0 Å². The van der Waals surface area contributed by atoms with E-state index in [2.05, 4.69) is 25.6 Å². The Hall–Kier alpha value is -3.18. The minimum atomic E-state index is -3.04. The highest BCUT2D eigenvalue weighted by Gasteiger charge is 2.29. The second kappa shape index (κ2) is 11.1. The molecule has 1 fully saturated rings. The van der Waals surface area contributed by atoms with E-state index >= 15 is 0 Å². The lowest BCUT2D eigenvalue weighted by Crippen LogP contribution is -2.35. The van der Waals surface area contributed by atoms with Gasteiger partial charge in [-0.3, -0.25) is 4.79 Å². The number of rotatable bonds is 9. The van der Waals surface area contributed by atoms with Crippen LogP contribution in [0.5, 0.6) is 5.75 Å². The third kappa shape index (κ3) is 6.22. The van der Waals surface area contributed by atoms with E-state index in [-0.39, 0.29) is 23.7 Å². The zero-order valence-corrected chi connectivity index (χ0v) is 21.8. The number of aryl methyl sites for hydroxylation is 1. The van der Waals surface area contributed by atoms with E-state index in [1.54, 1.807) is 0 Å². The van der Waals surface area contributed by atoms with Crippen LogP contribution in [0, 0.1) is 5.92 Å². The first-order chi connectivity index (χ1) is 17.9. The molecule has 3 N–H and O–H groups in total. The van der Waals surface area contributed by atoms with Gasteiger partial charge in [-0.25, -0.2) is 18.4 Å². The zero-order valence-electron chi connectivity index (χ0n) is 21.0. The Kier molecular flexibility index (Phi) is 7.61. The van der Waals surface area contributed by atoms with Gasteiger partial charge in [-0.2, -0.15) is 0 Å². The number of ether oxygens (including phenoxy) is 2. The summed E-state index contributed by atoms with van der Waals surface area (Å²) in [4.78, 5) is 25.3. The largest absolute Gasteiger partial charge is 0.488 e. The molecule has 0 unspecified atom stereocenters. The minimum absolute atomic E-state index is 0.0462. The molecule has 3 aromatic rings. The fraction of sp³-hybridized carbons (Fsp3) is 0.500. The lowest BCUT2D eigenvalue weighted by molar-refractivity contribution is -0.125. The molecule has 1 aliphatic carbocycles. The molecule has 11 heteroatoms. The highest BCUT2D eigenvalue weighted by atomic mass is 32.2. The third-order valence-electron chi connectivity index (χ3n) is 6.94. The van der Waals surface area contributed by atoms with Crippen LogP contribution in [-0.4, -0.2) is 67.1 Å². The van der Waals surface area contributed by atoms with Crippen molar-refractivity contribution < 1.29 is 22.7 Å². The molecule has 1 atom stereocenters. The Labute approximate surface area is 216 Å². The number of anilines is 2. The number of hydrogen-bond donors (Lipinski definition) is 3. The Balaban J connectivity index is 1.33. The van der Waals surface area contributed by atoms with Crippen LogP contribution in [0.2, 0.25) is 0 Å². The second-order valence-electron chi connectivity index (χ2n) is 9.79. The number of carbonyl (C=O) groups excluding carboxylic acids is 1. The number of hydrogen-bond acceptors (Lipinski definition) is 8. The lowest BCUT2D eigenvalue weighted by Gasteiger charge is -2.25. The van der Waals surface area contributed by atoms with Crippen LogP contribution < -0.4 is 15.4 Å². The molecule has 0 radical (unpaired) electrons. The standard InChI is InChI=1S/C26H33N5O5S/c1-37(33,34)14-4-11-27-26(32)17-7-8-20-19(15-17)23-24(30-20)28-16-29-25(23)31-21-5-2-3-6-22(21)36-18-9-12-35-13-10-18/h2-3,5-6,16-18H,4,7-15H2,1H3,(H,27,32)(H2,28,29,30,31)/t17-/m0/s1. The van der Waals surface area contributed by atoms with Gasteiger partial charge in [0.25, 0.3) is 0 Å². The number of aromatic amines is 1. The van der Waals surface area contributed by atoms with Gasteiger partial charge in [-0.15, -0.1) is 0 Å². The van der Waals surface area contributed by atoms with Crippen LogP contribution in [0.4, 0.5) is 11.5 Å². The summed E-state index contributed by atoms with van der Waals surface area (Å²) in [6.45, 7) is 1.76. The van der Waals surface area contributed by atoms with Crippen molar-refractivity contribution in [3.63, 3.8) is 0 Å². The Bertz CT molecular complexity index is 1370. The number of para-hydroxylation sites is 2. The van der Waals surface area contributed by atoms with Gasteiger partial charge < -0.3 is 25.1 Å². The molecule has 10 nitrogen and oxygen atoms in total. The van der Waals surface area contributed by atoms with E-state index in [0.29, 0.717) is 38.4 Å². The van der Waals surface area contributed by atoms with Gasteiger partial charge >= 0.3 is 0 Å². The van der Waals surface area contributed by atoms with Crippen molar-refractivity contribution in [2.45, 2.75) is 44.6 Å². The van der Waals surface area contributed by atoms with Crippen LogP contribution in [0.25, 0.3) is 11.0 Å². The SMILES string of the molecule is CS(=O)(=O)CCCNC(=O)[C@H]1CCc2[nH]c3ncnc(Nc4ccccc4OC4CCOCC4)c3c2C1. The normalized spacial score (nSPS) is 18.4. The topological polar surface area (TPSA) is 135 Å². The van der Waals surface area contributed by atoms with E-state index in [1.165, 1.54) is 12.6 Å². The van der Waals surface area contributed by atoms with Gasteiger partial charge in [-0.1, -0.05) is 12.1 Å². The molecule has 198 valence electrons. The molecule has 1 aromatic carbocycles. The van der Waals surface area contributed by atoms with Crippen LogP contribution in [-0.2, 0) is 32.2 Å². The molecule has 37 heavy (non-hydrogen) atoms. The first kappa shape index (κ1) is 25.5. The Morgan fingerprint density at radius 2 is 2.00 bits per heavy atom. The van der Waals surface area contributed by atoms with Gasteiger partial charge in [0, 0.05) is 37.3 Å². The van der Waals surface area contributed by atoms with Gasteiger partial charge in [-0.05, 0) is 43.4 Å². The van der Waals surface area contributed by atoms with Gasteiger partial charge in [0.2, 0.25) is 5.91 Å².